The minimum absolute atomic E-state index is 0.00847. The third-order valence-electron chi connectivity index (χ3n) is 6.44. The molecule has 1 heterocycles. The van der Waals surface area contributed by atoms with Crippen molar-refractivity contribution < 1.29 is 13.6 Å². The quantitative estimate of drug-likeness (QED) is 0.797. The van der Waals surface area contributed by atoms with E-state index in [1.54, 1.807) is 12.1 Å². The number of alkyl halides is 1. The summed E-state index contributed by atoms with van der Waals surface area (Å²) in [5, 5.41) is 21.8. The molecule has 7 heteroatoms. The number of nitrogens with one attached hydrogen (secondary N) is 1. The number of fused-ring (bicyclic) bond motifs is 2. The summed E-state index contributed by atoms with van der Waals surface area (Å²) in [5.41, 5.74) is 6.96. The standard InChI is InChI=1S/C23H20F2N4O/c24-19-8-15(5-6-16(19)11-26)14-3-1-13(2-4-14)7-17(12-27)23-9-18(20(25)10-23)21(29-23)22(28)30/h1-6,8,17-18,20-21,29H,7,9-10H2,(H2,28,30)/t17-,18?,20?,21?,23?/m1/s1. The summed E-state index contributed by atoms with van der Waals surface area (Å²) in [7, 11) is 0. The van der Waals surface area contributed by atoms with E-state index in [0.29, 0.717) is 18.4 Å². The zero-order valence-corrected chi connectivity index (χ0v) is 16.1. The summed E-state index contributed by atoms with van der Waals surface area (Å²) in [6.07, 6.45) is -0.130. The van der Waals surface area contributed by atoms with E-state index < -0.39 is 41.3 Å². The summed E-state index contributed by atoms with van der Waals surface area (Å²) < 4.78 is 28.3. The summed E-state index contributed by atoms with van der Waals surface area (Å²) >= 11 is 0. The zero-order chi connectivity index (χ0) is 21.5. The number of nitrogens with zero attached hydrogens (tertiary/aromatic N) is 2. The van der Waals surface area contributed by atoms with E-state index in [1.165, 1.54) is 12.1 Å². The average molecular weight is 406 g/mol. The Kier molecular flexibility index (Phi) is 5.01. The van der Waals surface area contributed by atoms with Gasteiger partial charge in [-0.25, -0.2) is 8.78 Å². The smallest absolute Gasteiger partial charge is 0.234 e. The number of hydrogen-bond acceptors (Lipinski definition) is 4. The fourth-order valence-electron chi connectivity index (χ4n) is 4.88. The molecular weight excluding hydrogens is 386 g/mol. The second kappa shape index (κ2) is 7.51. The van der Waals surface area contributed by atoms with E-state index in [-0.39, 0.29) is 12.0 Å². The van der Waals surface area contributed by atoms with Crippen LogP contribution in [-0.4, -0.2) is 23.7 Å². The van der Waals surface area contributed by atoms with Crippen LogP contribution in [0.3, 0.4) is 0 Å². The molecule has 30 heavy (non-hydrogen) atoms. The van der Waals surface area contributed by atoms with Gasteiger partial charge in [-0.3, -0.25) is 10.1 Å². The molecule has 2 aromatic rings. The average Bonchev–Trinajstić information content (AvgIpc) is 3.28. The first kappa shape index (κ1) is 20.0. The highest BCUT2D eigenvalue weighted by Gasteiger charge is 2.60. The van der Waals surface area contributed by atoms with Crippen LogP contribution in [0.25, 0.3) is 11.1 Å². The molecule has 5 atom stereocenters. The summed E-state index contributed by atoms with van der Waals surface area (Å²) in [5.74, 6) is -2.15. The van der Waals surface area contributed by atoms with Gasteiger partial charge < -0.3 is 5.73 Å². The van der Waals surface area contributed by atoms with Crippen molar-refractivity contribution in [1.29, 1.82) is 10.5 Å². The van der Waals surface area contributed by atoms with Crippen LogP contribution >= 0.6 is 0 Å². The van der Waals surface area contributed by atoms with Crippen molar-refractivity contribution in [2.45, 2.75) is 37.0 Å². The van der Waals surface area contributed by atoms with Crippen molar-refractivity contribution in [3.63, 3.8) is 0 Å². The second-order valence-electron chi connectivity index (χ2n) is 8.16. The molecule has 2 aromatic carbocycles. The monoisotopic (exact) mass is 406 g/mol. The summed E-state index contributed by atoms with van der Waals surface area (Å²) in [6.45, 7) is 0. The molecule has 1 saturated heterocycles. The Balaban J connectivity index is 1.53. The van der Waals surface area contributed by atoms with Crippen LogP contribution in [0.2, 0.25) is 0 Å². The molecule has 1 aliphatic heterocycles. The lowest BCUT2D eigenvalue weighted by molar-refractivity contribution is -0.122. The van der Waals surface area contributed by atoms with Crippen molar-refractivity contribution in [1.82, 2.24) is 5.32 Å². The number of primary amides is 1. The van der Waals surface area contributed by atoms with Crippen molar-refractivity contribution in [2.75, 3.05) is 0 Å². The van der Waals surface area contributed by atoms with Crippen LogP contribution in [-0.2, 0) is 11.2 Å². The minimum Gasteiger partial charge on any atom is -0.368 e. The van der Waals surface area contributed by atoms with Crippen LogP contribution in [0.1, 0.15) is 24.0 Å². The lowest BCUT2D eigenvalue weighted by Gasteiger charge is -2.35. The van der Waals surface area contributed by atoms with Crippen LogP contribution in [0, 0.1) is 40.3 Å². The number of piperidine rings is 1. The molecule has 4 rings (SSSR count). The van der Waals surface area contributed by atoms with E-state index in [2.05, 4.69) is 11.4 Å². The number of hydrogen-bond donors (Lipinski definition) is 2. The number of benzene rings is 2. The van der Waals surface area contributed by atoms with Gasteiger partial charge in [0, 0.05) is 11.5 Å². The second-order valence-corrected chi connectivity index (χ2v) is 8.16. The molecule has 2 aliphatic rings. The third kappa shape index (κ3) is 3.32. The predicted octanol–water partition coefficient (Wildman–Crippen LogP) is 2.99. The molecule has 1 amide bonds. The van der Waals surface area contributed by atoms with Gasteiger partial charge in [0.2, 0.25) is 5.91 Å². The lowest BCUT2D eigenvalue weighted by Crippen LogP contribution is -2.57. The maximum absolute atomic E-state index is 14.4. The number of halogens is 2. The first-order valence-corrected chi connectivity index (χ1v) is 9.76. The maximum Gasteiger partial charge on any atom is 0.234 e. The normalized spacial score (nSPS) is 27.9. The van der Waals surface area contributed by atoms with Gasteiger partial charge in [-0.1, -0.05) is 30.3 Å². The Morgan fingerprint density at radius 2 is 1.90 bits per heavy atom. The molecule has 2 fully saturated rings. The summed E-state index contributed by atoms with van der Waals surface area (Å²) in [6, 6.07) is 15.1. The Bertz CT molecular complexity index is 1070. The van der Waals surface area contributed by atoms with Gasteiger partial charge >= 0.3 is 0 Å². The lowest BCUT2D eigenvalue weighted by atomic mass is 9.80. The van der Waals surface area contributed by atoms with Crippen molar-refractivity contribution in [3.05, 3.63) is 59.4 Å². The molecule has 1 saturated carbocycles. The number of nitriles is 2. The minimum atomic E-state index is -1.15. The number of nitrogens with two attached hydrogens (primary N) is 1. The van der Waals surface area contributed by atoms with Gasteiger partial charge in [-0.2, -0.15) is 10.5 Å². The van der Waals surface area contributed by atoms with Crippen LogP contribution in [0.4, 0.5) is 8.78 Å². The topological polar surface area (TPSA) is 103 Å². The largest absolute Gasteiger partial charge is 0.368 e. The molecule has 4 unspecified atom stereocenters. The first-order valence-electron chi connectivity index (χ1n) is 9.76. The number of amides is 1. The van der Waals surface area contributed by atoms with E-state index in [1.807, 2.05) is 24.3 Å². The fraction of sp³-hybridized carbons (Fsp3) is 0.348. The van der Waals surface area contributed by atoms with E-state index >= 15 is 0 Å². The van der Waals surface area contributed by atoms with Crippen molar-refractivity contribution >= 4 is 5.91 Å². The zero-order valence-electron chi connectivity index (χ0n) is 16.1. The Labute approximate surface area is 173 Å². The Hall–Kier alpha value is -3.29. The number of rotatable bonds is 5. The highest BCUT2D eigenvalue weighted by Crippen LogP contribution is 2.49. The van der Waals surface area contributed by atoms with E-state index in [0.717, 1.165) is 11.1 Å². The third-order valence-corrected chi connectivity index (χ3v) is 6.44. The van der Waals surface area contributed by atoms with Gasteiger partial charge in [0.25, 0.3) is 0 Å². The molecule has 0 spiro atoms. The molecule has 0 radical (unpaired) electrons. The molecule has 152 valence electrons. The van der Waals surface area contributed by atoms with Crippen LogP contribution in [0.5, 0.6) is 0 Å². The highest BCUT2D eigenvalue weighted by molar-refractivity contribution is 5.81. The van der Waals surface area contributed by atoms with Crippen LogP contribution < -0.4 is 11.1 Å². The van der Waals surface area contributed by atoms with Gasteiger partial charge in [0.05, 0.1) is 23.6 Å². The van der Waals surface area contributed by atoms with Gasteiger partial charge in [-0.15, -0.1) is 0 Å². The van der Waals surface area contributed by atoms with Gasteiger partial charge in [0.1, 0.15) is 18.1 Å². The molecular formula is C23H20F2N4O. The predicted molar refractivity (Wildman–Crippen MR) is 106 cm³/mol. The van der Waals surface area contributed by atoms with Gasteiger partial charge in [0.15, 0.2) is 0 Å². The summed E-state index contributed by atoms with van der Waals surface area (Å²) in [4.78, 5) is 11.7. The molecule has 5 nitrogen and oxygen atoms in total. The molecule has 0 aromatic heterocycles. The van der Waals surface area contributed by atoms with Crippen molar-refractivity contribution in [2.24, 2.45) is 17.6 Å². The van der Waals surface area contributed by atoms with E-state index in [9.17, 15) is 18.8 Å². The Morgan fingerprint density at radius 3 is 2.47 bits per heavy atom. The van der Waals surface area contributed by atoms with Gasteiger partial charge in [-0.05, 0) is 48.1 Å². The highest BCUT2D eigenvalue weighted by atomic mass is 19.1. The molecule has 2 bridgehead atoms. The maximum atomic E-state index is 14.4. The SMILES string of the molecule is N#Cc1ccc(-c2ccc(C[C@H](C#N)C34CC(F)C(C3)C(C(N)=O)N4)cc2)cc1F. The Morgan fingerprint density at radius 1 is 1.20 bits per heavy atom. The molecule has 1 aliphatic carbocycles. The number of carbonyl (C=O) groups is 1. The fourth-order valence-corrected chi connectivity index (χ4v) is 4.88. The first-order chi connectivity index (χ1) is 14.4. The van der Waals surface area contributed by atoms with Crippen LogP contribution in [0.15, 0.2) is 42.5 Å². The number of carbonyl (C=O) groups excluding carboxylic acids is 1. The molecule has 3 N–H and O–H groups in total. The van der Waals surface area contributed by atoms with Crippen molar-refractivity contribution in [3.8, 4) is 23.3 Å². The van der Waals surface area contributed by atoms with E-state index in [4.69, 9.17) is 11.0 Å².